The Labute approximate surface area is 123 Å². The third-order valence-electron chi connectivity index (χ3n) is 4.05. The van der Waals surface area contributed by atoms with Crippen molar-refractivity contribution in [3.8, 4) is 0 Å². The molecule has 1 saturated heterocycles. The number of hydrogen-bond donors (Lipinski definition) is 1. The molecule has 0 bridgehead atoms. The maximum atomic E-state index is 5.65. The van der Waals surface area contributed by atoms with Gasteiger partial charge in [0.1, 0.15) is 5.76 Å². The lowest BCUT2D eigenvalue weighted by molar-refractivity contribution is 0.0995. The van der Waals surface area contributed by atoms with Crippen LogP contribution in [0.15, 0.2) is 16.7 Å². The summed E-state index contributed by atoms with van der Waals surface area (Å²) in [6.45, 7) is 14.0. The summed E-state index contributed by atoms with van der Waals surface area (Å²) in [5.41, 5.74) is 1.44. The number of nitrogens with one attached hydrogen (secondary N) is 1. The SMILES string of the molecule is CC1CN(Cc2ccoc2CNC(C)(C)C)CCN1C. The second kappa shape index (κ2) is 6.29. The first-order valence-corrected chi connectivity index (χ1v) is 7.58. The molecule has 4 nitrogen and oxygen atoms in total. The van der Waals surface area contributed by atoms with Gasteiger partial charge in [-0.2, -0.15) is 0 Å². The first-order valence-electron chi connectivity index (χ1n) is 7.58. The summed E-state index contributed by atoms with van der Waals surface area (Å²) in [6, 6.07) is 2.75. The molecule has 2 rings (SSSR count). The van der Waals surface area contributed by atoms with Crippen LogP contribution in [0.5, 0.6) is 0 Å². The second-order valence-corrected chi connectivity index (χ2v) is 7.04. The van der Waals surface area contributed by atoms with E-state index in [1.165, 1.54) is 5.56 Å². The number of rotatable bonds is 4. The van der Waals surface area contributed by atoms with E-state index in [4.69, 9.17) is 4.42 Å². The number of furan rings is 1. The zero-order chi connectivity index (χ0) is 14.8. The predicted octanol–water partition coefficient (Wildman–Crippen LogP) is 2.30. The molecule has 0 amide bonds. The molecule has 4 heteroatoms. The van der Waals surface area contributed by atoms with Crippen LogP contribution in [-0.2, 0) is 13.1 Å². The van der Waals surface area contributed by atoms with Crippen LogP contribution in [0.2, 0.25) is 0 Å². The van der Waals surface area contributed by atoms with Gasteiger partial charge >= 0.3 is 0 Å². The standard InChI is InChI=1S/C16H29N3O/c1-13-11-19(8-7-18(13)5)12-14-6-9-20-15(14)10-17-16(2,3)4/h6,9,13,17H,7-8,10-12H2,1-5H3. The molecule has 1 aliphatic heterocycles. The van der Waals surface area contributed by atoms with Crippen LogP contribution in [0.4, 0.5) is 0 Å². The van der Waals surface area contributed by atoms with Crippen molar-refractivity contribution < 1.29 is 4.42 Å². The molecule has 0 aliphatic carbocycles. The predicted molar refractivity (Wildman–Crippen MR) is 82.7 cm³/mol. The minimum absolute atomic E-state index is 0.117. The van der Waals surface area contributed by atoms with Crippen molar-refractivity contribution in [1.82, 2.24) is 15.1 Å². The summed E-state index contributed by atoms with van der Waals surface area (Å²) in [4.78, 5) is 4.95. The number of piperazine rings is 1. The molecule has 2 heterocycles. The Hall–Kier alpha value is -0.840. The molecule has 1 unspecified atom stereocenters. The van der Waals surface area contributed by atoms with Gasteiger partial charge in [0.2, 0.25) is 0 Å². The minimum atomic E-state index is 0.117. The van der Waals surface area contributed by atoms with E-state index in [2.05, 4.69) is 55.9 Å². The fourth-order valence-corrected chi connectivity index (χ4v) is 2.52. The highest BCUT2D eigenvalue weighted by atomic mass is 16.3. The van der Waals surface area contributed by atoms with Crippen LogP contribution in [0.25, 0.3) is 0 Å². The molecule has 1 fully saturated rings. The van der Waals surface area contributed by atoms with Crippen molar-refractivity contribution in [3.05, 3.63) is 23.7 Å². The molecular weight excluding hydrogens is 250 g/mol. The van der Waals surface area contributed by atoms with E-state index in [1.54, 1.807) is 0 Å². The van der Waals surface area contributed by atoms with E-state index in [9.17, 15) is 0 Å². The largest absolute Gasteiger partial charge is 0.468 e. The zero-order valence-electron chi connectivity index (χ0n) is 13.6. The summed E-state index contributed by atoms with van der Waals surface area (Å²) in [6.07, 6.45) is 1.81. The van der Waals surface area contributed by atoms with Gasteiger partial charge in [0.05, 0.1) is 12.8 Å². The second-order valence-electron chi connectivity index (χ2n) is 7.04. The highest BCUT2D eigenvalue weighted by Gasteiger charge is 2.22. The van der Waals surface area contributed by atoms with Gasteiger partial charge in [-0.1, -0.05) is 0 Å². The summed E-state index contributed by atoms with van der Waals surface area (Å²) < 4.78 is 5.65. The molecule has 1 N–H and O–H groups in total. The average Bonchev–Trinajstić information content (AvgIpc) is 2.78. The molecule has 1 atom stereocenters. The average molecular weight is 279 g/mol. The van der Waals surface area contributed by atoms with Crippen molar-refractivity contribution in [3.63, 3.8) is 0 Å². The van der Waals surface area contributed by atoms with E-state index < -0.39 is 0 Å². The summed E-state index contributed by atoms with van der Waals surface area (Å²) in [5, 5.41) is 3.50. The van der Waals surface area contributed by atoms with Gasteiger partial charge < -0.3 is 14.6 Å². The van der Waals surface area contributed by atoms with Gasteiger partial charge in [0.25, 0.3) is 0 Å². The van der Waals surface area contributed by atoms with Gasteiger partial charge in [-0.05, 0) is 40.8 Å². The van der Waals surface area contributed by atoms with E-state index in [1.807, 2.05) is 6.26 Å². The van der Waals surface area contributed by atoms with Gasteiger partial charge in [-0.15, -0.1) is 0 Å². The monoisotopic (exact) mass is 279 g/mol. The van der Waals surface area contributed by atoms with Crippen molar-refractivity contribution in [2.45, 2.75) is 52.4 Å². The molecule has 0 spiro atoms. The Morgan fingerprint density at radius 1 is 1.35 bits per heavy atom. The van der Waals surface area contributed by atoms with Crippen molar-refractivity contribution >= 4 is 0 Å². The fourth-order valence-electron chi connectivity index (χ4n) is 2.52. The third-order valence-corrected chi connectivity index (χ3v) is 4.05. The van der Waals surface area contributed by atoms with Gasteiger partial charge in [-0.3, -0.25) is 4.90 Å². The van der Waals surface area contributed by atoms with Crippen LogP contribution in [-0.4, -0.2) is 48.1 Å². The van der Waals surface area contributed by atoms with E-state index in [0.29, 0.717) is 6.04 Å². The maximum Gasteiger partial charge on any atom is 0.122 e. The number of hydrogen-bond acceptors (Lipinski definition) is 4. The molecule has 1 aromatic rings. The van der Waals surface area contributed by atoms with Crippen LogP contribution in [0, 0.1) is 0 Å². The highest BCUT2D eigenvalue weighted by Crippen LogP contribution is 2.17. The molecule has 20 heavy (non-hydrogen) atoms. The lowest BCUT2D eigenvalue weighted by atomic mass is 10.1. The van der Waals surface area contributed by atoms with Crippen LogP contribution in [0.1, 0.15) is 39.0 Å². The normalized spacial score (nSPS) is 22.4. The molecule has 0 saturated carbocycles. The van der Waals surface area contributed by atoms with E-state index in [0.717, 1.165) is 38.5 Å². The lowest BCUT2D eigenvalue weighted by Gasteiger charge is -2.37. The molecule has 0 radical (unpaired) electrons. The van der Waals surface area contributed by atoms with Crippen LogP contribution < -0.4 is 5.32 Å². The van der Waals surface area contributed by atoms with Crippen molar-refractivity contribution in [2.75, 3.05) is 26.7 Å². The van der Waals surface area contributed by atoms with Crippen molar-refractivity contribution in [1.29, 1.82) is 0 Å². The number of likely N-dealkylation sites (N-methyl/N-ethyl adjacent to an activating group) is 1. The fraction of sp³-hybridized carbons (Fsp3) is 0.750. The molecular formula is C16H29N3O. The Morgan fingerprint density at radius 3 is 2.75 bits per heavy atom. The topological polar surface area (TPSA) is 31.7 Å². The first kappa shape index (κ1) is 15.5. The maximum absolute atomic E-state index is 5.65. The molecule has 1 aromatic heterocycles. The Balaban J connectivity index is 1.92. The summed E-state index contributed by atoms with van der Waals surface area (Å²) >= 11 is 0. The molecule has 1 aliphatic rings. The van der Waals surface area contributed by atoms with Crippen LogP contribution in [0.3, 0.4) is 0 Å². The smallest absolute Gasteiger partial charge is 0.122 e. The molecule has 0 aromatic carbocycles. The minimum Gasteiger partial charge on any atom is -0.468 e. The Bertz CT molecular complexity index is 422. The lowest BCUT2D eigenvalue weighted by Crippen LogP contribution is -2.49. The highest BCUT2D eigenvalue weighted by molar-refractivity contribution is 5.17. The first-order chi connectivity index (χ1) is 9.35. The summed E-state index contributed by atoms with van der Waals surface area (Å²) in [5.74, 6) is 1.08. The van der Waals surface area contributed by atoms with E-state index in [-0.39, 0.29) is 5.54 Å². The van der Waals surface area contributed by atoms with Crippen LogP contribution >= 0.6 is 0 Å². The van der Waals surface area contributed by atoms with Crippen molar-refractivity contribution in [2.24, 2.45) is 0 Å². The summed E-state index contributed by atoms with van der Waals surface area (Å²) in [7, 11) is 2.21. The quantitative estimate of drug-likeness (QED) is 0.916. The zero-order valence-corrected chi connectivity index (χ0v) is 13.6. The van der Waals surface area contributed by atoms with Gasteiger partial charge in [0, 0.05) is 43.3 Å². The van der Waals surface area contributed by atoms with E-state index >= 15 is 0 Å². The Kier molecular flexibility index (Phi) is 4.89. The Morgan fingerprint density at radius 2 is 2.10 bits per heavy atom. The van der Waals surface area contributed by atoms with Gasteiger partial charge in [0.15, 0.2) is 0 Å². The van der Waals surface area contributed by atoms with Gasteiger partial charge in [-0.25, -0.2) is 0 Å². The third kappa shape index (κ3) is 4.33. The number of nitrogens with zero attached hydrogens (tertiary/aromatic N) is 2. The molecule has 114 valence electrons.